The molecule has 0 aromatic rings. The predicted octanol–water partition coefficient (Wildman–Crippen LogP) is 4.35. The van der Waals surface area contributed by atoms with Gasteiger partial charge in [-0.3, -0.25) is 4.79 Å². The smallest absolute Gasteiger partial charge is 0.306 e. The summed E-state index contributed by atoms with van der Waals surface area (Å²) in [6, 6.07) is 0. The molecule has 0 amide bonds. The molecule has 0 spiro atoms. The van der Waals surface area contributed by atoms with Gasteiger partial charge in [0.05, 0.1) is 13.0 Å². The van der Waals surface area contributed by atoms with Crippen LogP contribution in [0.1, 0.15) is 60.3 Å². The fraction of sp³-hybridized carbons (Fsp3) is 0.824. The highest BCUT2D eigenvalue weighted by atomic mass is 16.5. The van der Waals surface area contributed by atoms with Crippen molar-refractivity contribution in [2.75, 3.05) is 6.61 Å². The van der Waals surface area contributed by atoms with E-state index in [9.17, 15) is 4.79 Å². The monoisotopic (exact) mass is 264 g/mol. The van der Waals surface area contributed by atoms with E-state index in [1.165, 1.54) is 18.4 Å². The molecule has 0 unspecified atom stereocenters. The predicted molar refractivity (Wildman–Crippen MR) is 77.7 cm³/mol. The first-order chi connectivity index (χ1) is 8.76. The molecule has 2 rings (SSSR count). The van der Waals surface area contributed by atoms with Crippen molar-refractivity contribution >= 4 is 5.97 Å². The van der Waals surface area contributed by atoms with Crippen molar-refractivity contribution in [3.05, 3.63) is 11.6 Å². The number of hydrogen-bond donors (Lipinski definition) is 0. The molecule has 2 aliphatic carbocycles. The van der Waals surface area contributed by atoms with Crippen LogP contribution in [0.25, 0.3) is 0 Å². The molecule has 3 atom stereocenters. The first-order valence-electron chi connectivity index (χ1n) is 7.63. The third kappa shape index (κ3) is 3.40. The van der Waals surface area contributed by atoms with Gasteiger partial charge in [-0.05, 0) is 48.9 Å². The topological polar surface area (TPSA) is 26.3 Å². The Balaban J connectivity index is 2.08. The average molecular weight is 264 g/mol. The quantitative estimate of drug-likeness (QED) is 0.557. The molecule has 0 aromatic heterocycles. The largest absolute Gasteiger partial charge is 0.466 e. The van der Waals surface area contributed by atoms with Gasteiger partial charge in [0.1, 0.15) is 0 Å². The van der Waals surface area contributed by atoms with Crippen molar-refractivity contribution in [1.29, 1.82) is 0 Å². The number of rotatable bonds is 4. The second-order valence-electron chi connectivity index (χ2n) is 7.58. The number of fused-ring (bicyclic) bond motifs is 1. The molecule has 0 aliphatic heterocycles. The number of esters is 1. The van der Waals surface area contributed by atoms with Crippen molar-refractivity contribution in [3.63, 3.8) is 0 Å². The van der Waals surface area contributed by atoms with Crippen LogP contribution in [-0.2, 0) is 9.53 Å². The van der Waals surface area contributed by atoms with Gasteiger partial charge >= 0.3 is 5.97 Å². The lowest BCUT2D eigenvalue weighted by molar-refractivity contribution is -0.143. The average Bonchev–Trinajstić information content (AvgIpc) is 2.86. The van der Waals surface area contributed by atoms with Crippen LogP contribution in [0.3, 0.4) is 0 Å². The molecular formula is C17H28O2. The molecule has 0 N–H and O–H groups in total. The van der Waals surface area contributed by atoms with Crippen LogP contribution in [0.5, 0.6) is 0 Å². The Bertz CT molecular complexity index is 394. The van der Waals surface area contributed by atoms with E-state index >= 15 is 0 Å². The fourth-order valence-electron chi connectivity index (χ4n) is 3.64. The molecular weight excluding hydrogens is 236 g/mol. The van der Waals surface area contributed by atoms with E-state index in [-0.39, 0.29) is 5.97 Å². The van der Waals surface area contributed by atoms with Crippen molar-refractivity contribution in [1.82, 2.24) is 0 Å². The summed E-state index contributed by atoms with van der Waals surface area (Å²) < 4.78 is 5.08. The molecule has 0 heterocycles. The number of carbonyl (C=O) groups excluding carboxylic acids is 1. The van der Waals surface area contributed by atoms with Crippen LogP contribution in [-0.4, -0.2) is 12.6 Å². The van der Waals surface area contributed by atoms with Crippen LogP contribution in [0.15, 0.2) is 11.6 Å². The maximum atomic E-state index is 11.7. The maximum Gasteiger partial charge on any atom is 0.306 e. The second-order valence-corrected chi connectivity index (χ2v) is 7.58. The molecule has 1 saturated carbocycles. The molecule has 0 aromatic carbocycles. The first kappa shape index (κ1) is 14.6. The van der Waals surface area contributed by atoms with Crippen LogP contribution in [0.4, 0.5) is 0 Å². The summed E-state index contributed by atoms with van der Waals surface area (Å²) in [4.78, 5) is 11.7. The third-order valence-electron chi connectivity index (χ3n) is 4.87. The lowest BCUT2D eigenvalue weighted by Crippen LogP contribution is -2.17. The summed E-state index contributed by atoms with van der Waals surface area (Å²) in [6.07, 6.45) is 6.77. The normalized spacial score (nSPS) is 33.7. The minimum atomic E-state index is -0.0598. The number of ether oxygens (including phenoxy) is 1. The zero-order valence-electron chi connectivity index (χ0n) is 13.1. The molecule has 0 radical (unpaired) electrons. The Hall–Kier alpha value is -0.790. The van der Waals surface area contributed by atoms with E-state index in [1.807, 2.05) is 6.92 Å². The minimum absolute atomic E-state index is 0.0598. The summed E-state index contributed by atoms with van der Waals surface area (Å²) in [6.45, 7) is 11.6. The summed E-state index contributed by atoms with van der Waals surface area (Å²) in [7, 11) is 0. The van der Waals surface area contributed by atoms with E-state index in [4.69, 9.17) is 4.74 Å². The van der Waals surface area contributed by atoms with Gasteiger partial charge in [-0.15, -0.1) is 0 Å². The summed E-state index contributed by atoms with van der Waals surface area (Å²) in [5.41, 5.74) is 2.25. The van der Waals surface area contributed by atoms with Gasteiger partial charge in [-0.25, -0.2) is 0 Å². The zero-order chi connectivity index (χ0) is 14.3. The number of allylic oxidation sites excluding steroid dienone is 2. The molecule has 0 bridgehead atoms. The summed E-state index contributed by atoms with van der Waals surface area (Å²) >= 11 is 0. The molecule has 108 valence electrons. The van der Waals surface area contributed by atoms with E-state index in [0.29, 0.717) is 29.8 Å². The minimum Gasteiger partial charge on any atom is -0.466 e. The van der Waals surface area contributed by atoms with Gasteiger partial charge in [-0.2, -0.15) is 0 Å². The van der Waals surface area contributed by atoms with Gasteiger partial charge in [-0.1, -0.05) is 39.3 Å². The van der Waals surface area contributed by atoms with Gasteiger partial charge < -0.3 is 4.74 Å². The van der Waals surface area contributed by atoms with Gasteiger partial charge in [0, 0.05) is 0 Å². The lowest BCUT2D eigenvalue weighted by Gasteiger charge is -2.27. The molecule has 2 nitrogen and oxygen atoms in total. The third-order valence-corrected chi connectivity index (χ3v) is 4.87. The Morgan fingerprint density at radius 1 is 1.42 bits per heavy atom. The Kier molecular flexibility index (Phi) is 3.81. The van der Waals surface area contributed by atoms with Gasteiger partial charge in [0.2, 0.25) is 0 Å². The van der Waals surface area contributed by atoms with Crippen molar-refractivity contribution in [2.45, 2.75) is 60.3 Å². The van der Waals surface area contributed by atoms with Crippen LogP contribution in [0.2, 0.25) is 0 Å². The highest BCUT2D eigenvalue weighted by molar-refractivity contribution is 5.70. The summed E-state index contributed by atoms with van der Waals surface area (Å²) in [5.74, 6) is 1.11. The Labute approximate surface area is 117 Å². The van der Waals surface area contributed by atoms with E-state index in [0.717, 1.165) is 12.3 Å². The molecule has 0 saturated heterocycles. The van der Waals surface area contributed by atoms with E-state index < -0.39 is 0 Å². The zero-order valence-corrected chi connectivity index (χ0v) is 13.1. The second kappa shape index (κ2) is 4.96. The maximum absolute atomic E-state index is 11.7. The highest BCUT2D eigenvalue weighted by Gasteiger charge is 2.52. The van der Waals surface area contributed by atoms with Crippen molar-refractivity contribution in [3.8, 4) is 0 Å². The standard InChI is InChI=1S/C17H28O2/c1-6-19-15(18)7-12(2)13-8-16(3,4)10-14-11-17(14,5)9-13/h9,12,14H,6-8,10-11H2,1-5H3/t12-,14-,17+/m0/s1. The van der Waals surface area contributed by atoms with Gasteiger partial charge in [0.25, 0.3) is 0 Å². The van der Waals surface area contributed by atoms with Crippen LogP contribution < -0.4 is 0 Å². The molecule has 2 heteroatoms. The Morgan fingerprint density at radius 2 is 2.11 bits per heavy atom. The van der Waals surface area contributed by atoms with Crippen LogP contribution >= 0.6 is 0 Å². The Morgan fingerprint density at radius 3 is 2.74 bits per heavy atom. The number of hydrogen-bond acceptors (Lipinski definition) is 2. The van der Waals surface area contributed by atoms with E-state index in [2.05, 4.69) is 33.8 Å². The van der Waals surface area contributed by atoms with Crippen molar-refractivity contribution < 1.29 is 9.53 Å². The molecule has 2 aliphatic rings. The van der Waals surface area contributed by atoms with Crippen LogP contribution in [0, 0.1) is 22.7 Å². The highest BCUT2D eigenvalue weighted by Crippen LogP contribution is 2.61. The summed E-state index contributed by atoms with van der Waals surface area (Å²) in [5, 5.41) is 0. The van der Waals surface area contributed by atoms with Gasteiger partial charge in [0.15, 0.2) is 0 Å². The fourth-order valence-corrected chi connectivity index (χ4v) is 3.64. The first-order valence-corrected chi connectivity index (χ1v) is 7.63. The van der Waals surface area contributed by atoms with E-state index in [1.54, 1.807) is 0 Å². The molecule has 19 heavy (non-hydrogen) atoms. The molecule has 1 fully saturated rings. The number of carbonyl (C=O) groups is 1. The van der Waals surface area contributed by atoms with Crippen molar-refractivity contribution in [2.24, 2.45) is 22.7 Å². The lowest BCUT2D eigenvalue weighted by atomic mass is 9.78. The SMILES string of the molecule is CCOC(=O)C[C@H](C)C1=C[C@]2(C)C[C@@H]2CC(C)(C)C1.